The Morgan fingerprint density at radius 1 is 1.55 bits per heavy atom. The fourth-order valence-electron chi connectivity index (χ4n) is 2.03. The molecule has 2 rings (SSSR count). The molecule has 0 radical (unpaired) electrons. The summed E-state index contributed by atoms with van der Waals surface area (Å²) in [4.78, 5) is 4.61. The van der Waals surface area contributed by atoms with Gasteiger partial charge < -0.3 is 10.8 Å². The van der Waals surface area contributed by atoms with Gasteiger partial charge in [-0.3, -0.25) is 4.40 Å². The van der Waals surface area contributed by atoms with Crippen LogP contribution in [0.15, 0.2) is 16.6 Å². The van der Waals surface area contributed by atoms with E-state index in [4.69, 9.17) is 10.8 Å². The van der Waals surface area contributed by atoms with Gasteiger partial charge in [-0.05, 0) is 20.3 Å². The highest BCUT2D eigenvalue weighted by Crippen LogP contribution is 2.27. The van der Waals surface area contributed by atoms with Crippen molar-refractivity contribution in [3.8, 4) is 0 Å². The molecule has 0 aliphatic carbocycles. The lowest BCUT2D eigenvalue weighted by Gasteiger charge is -2.25. The molecule has 0 bridgehead atoms. The van der Waals surface area contributed by atoms with E-state index in [1.165, 1.54) is 20.0 Å². The first kappa shape index (κ1) is 15.2. The van der Waals surface area contributed by atoms with Gasteiger partial charge >= 0.3 is 0 Å². The number of aliphatic hydroxyl groups excluding tert-OH is 1. The average molecular weight is 318 g/mol. The van der Waals surface area contributed by atoms with E-state index in [9.17, 15) is 8.42 Å². The lowest BCUT2D eigenvalue weighted by atomic mass is 10.3. The number of thiazole rings is 1. The first-order valence-electron chi connectivity index (χ1n) is 6.23. The average Bonchev–Trinajstić information content (AvgIpc) is 2.87. The van der Waals surface area contributed by atoms with Crippen LogP contribution in [0.25, 0.3) is 4.96 Å². The van der Waals surface area contributed by atoms with Crippen molar-refractivity contribution in [3.63, 3.8) is 0 Å². The molecule has 0 aromatic carbocycles. The van der Waals surface area contributed by atoms with Gasteiger partial charge in [-0.1, -0.05) is 0 Å². The Morgan fingerprint density at radius 3 is 2.85 bits per heavy atom. The maximum Gasteiger partial charge on any atom is 0.263 e. The Hall–Kier alpha value is -1.16. The fraction of sp³-hybridized carbons (Fsp3) is 0.545. The van der Waals surface area contributed by atoms with Gasteiger partial charge in [0, 0.05) is 30.8 Å². The molecule has 0 unspecified atom stereocenters. The van der Waals surface area contributed by atoms with Crippen molar-refractivity contribution >= 4 is 32.1 Å². The topological polar surface area (TPSA) is 101 Å². The number of imidazole rings is 1. The Balaban J connectivity index is 2.52. The summed E-state index contributed by atoms with van der Waals surface area (Å²) < 4.78 is 28.4. The third-order valence-electron chi connectivity index (χ3n) is 2.91. The quantitative estimate of drug-likeness (QED) is 0.819. The molecule has 112 valence electrons. The minimum Gasteiger partial charge on any atom is -0.396 e. The Bertz CT molecular complexity index is 690. The molecular weight excluding hydrogens is 300 g/mol. The number of nitrogen functional groups attached to an aromatic ring is 1. The van der Waals surface area contributed by atoms with E-state index in [0.29, 0.717) is 11.4 Å². The van der Waals surface area contributed by atoms with E-state index in [-0.39, 0.29) is 30.0 Å². The van der Waals surface area contributed by atoms with Crippen LogP contribution in [0.2, 0.25) is 0 Å². The summed E-state index contributed by atoms with van der Waals surface area (Å²) in [5.74, 6) is 0.00602. The van der Waals surface area contributed by atoms with E-state index in [1.807, 2.05) is 0 Å². The summed E-state index contributed by atoms with van der Waals surface area (Å²) in [6.07, 6.45) is 2.02. The standard InChI is InChI=1S/C11H18N4O3S2/c1-8(2)15(4-3-6-16)20(17,18)10-9(12)13-11-14(10)5-7-19-11/h5,7-8,16H,3-4,6,12H2,1-2H3. The molecule has 20 heavy (non-hydrogen) atoms. The molecule has 0 fully saturated rings. The highest BCUT2D eigenvalue weighted by molar-refractivity contribution is 7.89. The van der Waals surface area contributed by atoms with Gasteiger partial charge in [0.2, 0.25) is 0 Å². The van der Waals surface area contributed by atoms with Crippen molar-refractivity contribution in [1.82, 2.24) is 13.7 Å². The Morgan fingerprint density at radius 2 is 2.25 bits per heavy atom. The van der Waals surface area contributed by atoms with Crippen LogP contribution in [-0.2, 0) is 10.0 Å². The molecule has 0 spiro atoms. The molecule has 0 aliphatic heterocycles. The second kappa shape index (κ2) is 5.68. The van der Waals surface area contributed by atoms with Gasteiger partial charge in [0.15, 0.2) is 15.8 Å². The van der Waals surface area contributed by atoms with Crippen molar-refractivity contribution in [3.05, 3.63) is 11.6 Å². The van der Waals surface area contributed by atoms with Crippen LogP contribution in [0, 0.1) is 0 Å². The van der Waals surface area contributed by atoms with Crippen LogP contribution in [-0.4, -0.2) is 46.4 Å². The smallest absolute Gasteiger partial charge is 0.263 e. The van der Waals surface area contributed by atoms with Crippen molar-refractivity contribution in [2.45, 2.75) is 31.3 Å². The largest absolute Gasteiger partial charge is 0.396 e. The number of hydrogen-bond donors (Lipinski definition) is 2. The van der Waals surface area contributed by atoms with Gasteiger partial charge in [0.1, 0.15) is 0 Å². The van der Waals surface area contributed by atoms with E-state index in [2.05, 4.69) is 4.98 Å². The SMILES string of the molecule is CC(C)N(CCCO)S(=O)(=O)c1c(N)nc2sccn12. The van der Waals surface area contributed by atoms with Crippen LogP contribution < -0.4 is 5.73 Å². The zero-order valence-electron chi connectivity index (χ0n) is 11.4. The van der Waals surface area contributed by atoms with E-state index >= 15 is 0 Å². The summed E-state index contributed by atoms with van der Waals surface area (Å²) >= 11 is 1.33. The molecular formula is C11H18N4O3S2. The number of aliphatic hydroxyl groups is 1. The summed E-state index contributed by atoms with van der Waals surface area (Å²) in [5.41, 5.74) is 5.77. The van der Waals surface area contributed by atoms with Crippen LogP contribution in [0.1, 0.15) is 20.3 Å². The van der Waals surface area contributed by atoms with Gasteiger partial charge in [-0.2, -0.15) is 4.31 Å². The molecule has 0 saturated carbocycles. The number of rotatable bonds is 6. The number of nitrogens with zero attached hydrogens (tertiary/aromatic N) is 3. The monoisotopic (exact) mass is 318 g/mol. The van der Waals surface area contributed by atoms with Crippen molar-refractivity contribution in [1.29, 1.82) is 0 Å². The van der Waals surface area contributed by atoms with Gasteiger partial charge in [0.25, 0.3) is 10.0 Å². The summed E-state index contributed by atoms with van der Waals surface area (Å²) in [6, 6.07) is -0.227. The first-order chi connectivity index (χ1) is 9.39. The van der Waals surface area contributed by atoms with E-state index in [0.717, 1.165) is 0 Å². The molecule has 2 aromatic heterocycles. The predicted molar refractivity (Wildman–Crippen MR) is 78.2 cm³/mol. The summed E-state index contributed by atoms with van der Waals surface area (Å²) in [5, 5.41) is 10.7. The third kappa shape index (κ3) is 2.53. The van der Waals surface area contributed by atoms with Crippen LogP contribution in [0.4, 0.5) is 5.82 Å². The first-order valence-corrected chi connectivity index (χ1v) is 8.55. The van der Waals surface area contributed by atoms with E-state index in [1.54, 1.807) is 25.4 Å². The lowest BCUT2D eigenvalue weighted by Crippen LogP contribution is -2.38. The van der Waals surface area contributed by atoms with Gasteiger partial charge in [-0.25, -0.2) is 13.4 Å². The molecule has 3 N–H and O–H groups in total. The number of fused-ring (bicyclic) bond motifs is 1. The number of sulfonamides is 1. The number of nitrogens with two attached hydrogens (primary N) is 1. The second-order valence-electron chi connectivity index (χ2n) is 4.64. The van der Waals surface area contributed by atoms with Crippen LogP contribution in [0.5, 0.6) is 0 Å². The number of anilines is 1. The van der Waals surface area contributed by atoms with Crippen molar-refractivity contribution < 1.29 is 13.5 Å². The second-order valence-corrected chi connectivity index (χ2v) is 7.32. The summed E-state index contributed by atoms with van der Waals surface area (Å²) in [6.45, 7) is 3.76. The molecule has 0 amide bonds. The minimum atomic E-state index is -3.75. The number of hydrogen-bond acceptors (Lipinski definition) is 6. The zero-order valence-corrected chi connectivity index (χ0v) is 13.0. The molecule has 2 heterocycles. The predicted octanol–water partition coefficient (Wildman–Crippen LogP) is 0.760. The maximum atomic E-state index is 12.8. The normalized spacial score (nSPS) is 12.8. The molecule has 2 aromatic rings. The van der Waals surface area contributed by atoms with E-state index < -0.39 is 10.0 Å². The van der Waals surface area contributed by atoms with Crippen molar-refractivity contribution in [2.75, 3.05) is 18.9 Å². The van der Waals surface area contributed by atoms with Crippen molar-refractivity contribution in [2.24, 2.45) is 0 Å². The molecule has 7 nitrogen and oxygen atoms in total. The lowest BCUT2D eigenvalue weighted by molar-refractivity contribution is 0.258. The Kier molecular flexibility index (Phi) is 4.33. The van der Waals surface area contributed by atoms with Crippen LogP contribution in [0.3, 0.4) is 0 Å². The Labute approximate surface area is 121 Å². The maximum absolute atomic E-state index is 12.8. The van der Waals surface area contributed by atoms with Crippen LogP contribution >= 0.6 is 11.3 Å². The molecule has 0 aliphatic rings. The van der Waals surface area contributed by atoms with Gasteiger partial charge in [0.05, 0.1) is 0 Å². The fourth-order valence-corrected chi connectivity index (χ4v) is 4.66. The van der Waals surface area contributed by atoms with Gasteiger partial charge in [-0.15, -0.1) is 11.3 Å². The third-order valence-corrected chi connectivity index (χ3v) is 5.78. The zero-order chi connectivity index (χ0) is 14.9. The highest BCUT2D eigenvalue weighted by Gasteiger charge is 2.32. The number of aromatic nitrogens is 2. The molecule has 9 heteroatoms. The molecule has 0 saturated heterocycles. The molecule has 0 atom stereocenters. The minimum absolute atomic E-state index is 0.000361. The summed E-state index contributed by atoms with van der Waals surface area (Å²) in [7, 11) is -3.75. The highest BCUT2D eigenvalue weighted by atomic mass is 32.2.